The maximum Gasteiger partial charge on any atom is 0.370 e. The lowest BCUT2D eigenvalue weighted by molar-refractivity contribution is -0.142. The fraction of sp³-hybridized carbons (Fsp3) is 0.0625. The number of aromatic hydroxyl groups is 1. The van der Waals surface area contributed by atoms with Crippen LogP contribution in [-0.2, 0) is 14.4 Å². The van der Waals surface area contributed by atoms with E-state index in [-0.39, 0.29) is 5.56 Å². The smallest absolute Gasteiger partial charge is 0.370 e. The molecule has 0 radical (unpaired) electrons. The molecule has 0 bridgehead atoms. The zero-order valence-electron chi connectivity index (χ0n) is 12.5. The second kappa shape index (κ2) is 7.23. The van der Waals surface area contributed by atoms with Crippen molar-refractivity contribution >= 4 is 23.8 Å². The van der Waals surface area contributed by atoms with Crippen LogP contribution in [0.1, 0.15) is 11.1 Å². The van der Waals surface area contributed by atoms with Gasteiger partial charge < -0.3 is 15.1 Å². The summed E-state index contributed by atoms with van der Waals surface area (Å²) in [6.07, 6.45) is 1.12. The number of hydrogen-bond acceptors (Lipinski definition) is 6. The SMILES string of the molecule is Cc1cc(O)c(NOC(=O)C(=Cc2ccccc2)C(=O)O)nc1F. The average Bonchev–Trinajstić information content (AvgIpc) is 2.55. The number of aryl methyl sites for hydroxylation is 1. The summed E-state index contributed by atoms with van der Waals surface area (Å²) in [6, 6.07) is 9.37. The van der Waals surface area contributed by atoms with Crippen molar-refractivity contribution in [2.75, 3.05) is 5.48 Å². The molecule has 0 amide bonds. The predicted octanol–water partition coefficient (Wildman–Crippen LogP) is 2.27. The van der Waals surface area contributed by atoms with Gasteiger partial charge in [-0.05, 0) is 24.6 Å². The van der Waals surface area contributed by atoms with E-state index in [0.29, 0.717) is 5.56 Å². The maximum absolute atomic E-state index is 13.3. The van der Waals surface area contributed by atoms with Gasteiger partial charge in [0.15, 0.2) is 5.75 Å². The van der Waals surface area contributed by atoms with E-state index in [9.17, 15) is 19.1 Å². The number of hydrogen-bond donors (Lipinski definition) is 3. The van der Waals surface area contributed by atoms with Crippen molar-refractivity contribution in [3.8, 4) is 5.75 Å². The quantitative estimate of drug-likeness (QED) is 0.253. The van der Waals surface area contributed by atoms with Crippen LogP contribution < -0.4 is 5.48 Å². The number of aromatic nitrogens is 1. The lowest BCUT2D eigenvalue weighted by Gasteiger charge is -2.09. The molecule has 3 N–H and O–H groups in total. The maximum atomic E-state index is 13.3. The van der Waals surface area contributed by atoms with Crippen LogP contribution in [0.3, 0.4) is 0 Å². The average molecular weight is 332 g/mol. The number of benzene rings is 1. The number of nitrogens with one attached hydrogen (secondary N) is 1. The van der Waals surface area contributed by atoms with E-state index in [4.69, 9.17) is 5.11 Å². The molecular formula is C16H13FN2O5. The third-order valence-electron chi connectivity index (χ3n) is 2.93. The molecule has 0 spiro atoms. The van der Waals surface area contributed by atoms with Crippen LogP contribution >= 0.6 is 0 Å². The number of pyridine rings is 1. The third-order valence-corrected chi connectivity index (χ3v) is 2.93. The summed E-state index contributed by atoms with van der Waals surface area (Å²) in [4.78, 5) is 31.0. The molecule has 2 rings (SSSR count). The minimum absolute atomic E-state index is 0.0968. The van der Waals surface area contributed by atoms with Gasteiger partial charge in [-0.15, -0.1) is 0 Å². The Morgan fingerprint density at radius 2 is 1.96 bits per heavy atom. The van der Waals surface area contributed by atoms with Crippen LogP contribution in [0.4, 0.5) is 10.2 Å². The molecule has 1 aromatic heterocycles. The molecule has 0 aliphatic rings. The molecule has 7 nitrogen and oxygen atoms in total. The number of carbonyl (C=O) groups is 2. The molecule has 124 valence electrons. The molecule has 8 heteroatoms. The zero-order chi connectivity index (χ0) is 17.7. The van der Waals surface area contributed by atoms with Crippen LogP contribution in [0.2, 0.25) is 0 Å². The summed E-state index contributed by atoms with van der Waals surface area (Å²) in [5, 5.41) is 18.7. The first-order valence-corrected chi connectivity index (χ1v) is 6.72. The second-order valence-electron chi connectivity index (χ2n) is 4.73. The lowest BCUT2D eigenvalue weighted by atomic mass is 10.1. The van der Waals surface area contributed by atoms with Gasteiger partial charge in [0.25, 0.3) is 0 Å². The normalized spacial score (nSPS) is 11.0. The molecule has 0 unspecified atom stereocenters. The zero-order valence-corrected chi connectivity index (χ0v) is 12.5. The van der Waals surface area contributed by atoms with E-state index in [1.165, 1.54) is 6.92 Å². The van der Waals surface area contributed by atoms with Crippen molar-refractivity contribution in [1.29, 1.82) is 0 Å². The number of rotatable bonds is 5. The van der Waals surface area contributed by atoms with Crippen LogP contribution in [-0.4, -0.2) is 27.1 Å². The Labute approximate surface area is 136 Å². The lowest BCUT2D eigenvalue weighted by Crippen LogP contribution is -2.19. The Hall–Kier alpha value is -3.42. The number of carboxylic acid groups (broad SMARTS) is 1. The first kappa shape index (κ1) is 16.9. The minimum atomic E-state index is -1.50. The highest BCUT2D eigenvalue weighted by Crippen LogP contribution is 2.23. The van der Waals surface area contributed by atoms with Gasteiger partial charge in [0, 0.05) is 5.56 Å². The molecule has 24 heavy (non-hydrogen) atoms. The van der Waals surface area contributed by atoms with Gasteiger partial charge in [0.2, 0.25) is 11.8 Å². The Morgan fingerprint density at radius 3 is 2.58 bits per heavy atom. The summed E-state index contributed by atoms with van der Waals surface area (Å²) < 4.78 is 13.3. The molecule has 0 saturated heterocycles. The fourth-order valence-corrected chi connectivity index (χ4v) is 1.73. The van der Waals surface area contributed by atoms with E-state index < -0.39 is 35.0 Å². The standard InChI is InChI=1S/C16H13FN2O5/c1-9-7-12(20)14(18-13(9)17)19-24-16(23)11(15(21)22)8-10-5-3-2-4-6-10/h2-8,20H,1H3,(H,18,19)(H,21,22). The number of halogens is 1. The summed E-state index contributed by atoms with van der Waals surface area (Å²) >= 11 is 0. The molecule has 1 heterocycles. The molecule has 0 aliphatic carbocycles. The predicted molar refractivity (Wildman–Crippen MR) is 82.4 cm³/mol. The van der Waals surface area contributed by atoms with Crippen LogP contribution in [0.15, 0.2) is 42.0 Å². The number of anilines is 1. The Balaban J connectivity index is 2.16. The summed E-state index contributed by atoms with van der Waals surface area (Å²) in [5.41, 5.74) is 1.87. The number of nitrogens with zero attached hydrogens (tertiary/aromatic N) is 1. The first-order valence-electron chi connectivity index (χ1n) is 6.72. The van der Waals surface area contributed by atoms with Gasteiger partial charge in [-0.3, -0.25) is 0 Å². The molecule has 0 aliphatic heterocycles. The van der Waals surface area contributed by atoms with Gasteiger partial charge in [-0.1, -0.05) is 30.3 Å². The van der Waals surface area contributed by atoms with E-state index in [0.717, 1.165) is 12.1 Å². The van der Waals surface area contributed by atoms with Crippen molar-refractivity contribution < 1.29 is 29.0 Å². The van der Waals surface area contributed by atoms with Crippen molar-refractivity contribution in [2.24, 2.45) is 0 Å². The van der Waals surface area contributed by atoms with E-state index in [2.05, 4.69) is 9.82 Å². The van der Waals surface area contributed by atoms with Gasteiger partial charge in [-0.2, -0.15) is 14.9 Å². The highest BCUT2D eigenvalue weighted by Gasteiger charge is 2.20. The Kier molecular flexibility index (Phi) is 5.10. The highest BCUT2D eigenvalue weighted by atomic mass is 19.1. The van der Waals surface area contributed by atoms with Crippen LogP contribution in [0.25, 0.3) is 6.08 Å². The minimum Gasteiger partial charge on any atom is -0.504 e. The van der Waals surface area contributed by atoms with Crippen molar-refractivity contribution in [3.05, 3.63) is 59.0 Å². The van der Waals surface area contributed by atoms with Crippen molar-refractivity contribution in [3.63, 3.8) is 0 Å². The Morgan fingerprint density at radius 1 is 1.29 bits per heavy atom. The molecule has 0 atom stereocenters. The second-order valence-corrected chi connectivity index (χ2v) is 4.73. The summed E-state index contributed by atoms with van der Waals surface area (Å²) in [7, 11) is 0. The molecular weight excluding hydrogens is 319 g/mol. The molecule has 0 saturated carbocycles. The Bertz CT molecular complexity index is 806. The summed E-state index contributed by atoms with van der Waals surface area (Å²) in [5.74, 6) is -4.50. The fourth-order valence-electron chi connectivity index (χ4n) is 1.73. The molecule has 1 aromatic carbocycles. The van der Waals surface area contributed by atoms with E-state index in [1.54, 1.807) is 30.3 Å². The van der Waals surface area contributed by atoms with E-state index in [1.807, 2.05) is 5.48 Å². The topological polar surface area (TPSA) is 109 Å². The number of carbonyl (C=O) groups excluding carboxylic acids is 1. The largest absolute Gasteiger partial charge is 0.504 e. The highest BCUT2D eigenvalue weighted by molar-refractivity contribution is 6.17. The first-order chi connectivity index (χ1) is 11.4. The molecule has 2 aromatic rings. The van der Waals surface area contributed by atoms with Gasteiger partial charge in [0.05, 0.1) is 0 Å². The molecule has 0 fully saturated rings. The van der Waals surface area contributed by atoms with Crippen molar-refractivity contribution in [2.45, 2.75) is 6.92 Å². The van der Waals surface area contributed by atoms with Crippen LogP contribution in [0, 0.1) is 12.9 Å². The summed E-state index contributed by atoms with van der Waals surface area (Å²) in [6.45, 7) is 1.39. The monoisotopic (exact) mass is 332 g/mol. The van der Waals surface area contributed by atoms with Crippen LogP contribution in [0.5, 0.6) is 5.75 Å². The van der Waals surface area contributed by atoms with Gasteiger partial charge >= 0.3 is 11.9 Å². The number of aliphatic carboxylic acids is 1. The third kappa shape index (κ3) is 4.07. The van der Waals surface area contributed by atoms with Gasteiger partial charge in [0.1, 0.15) is 5.57 Å². The van der Waals surface area contributed by atoms with Crippen molar-refractivity contribution in [1.82, 2.24) is 4.98 Å². The van der Waals surface area contributed by atoms with E-state index >= 15 is 0 Å². The number of carboxylic acids is 1. The van der Waals surface area contributed by atoms with Gasteiger partial charge in [-0.25, -0.2) is 9.59 Å².